The highest BCUT2D eigenvalue weighted by molar-refractivity contribution is 7.13. The van der Waals surface area contributed by atoms with E-state index in [0.29, 0.717) is 0 Å². The van der Waals surface area contributed by atoms with Crippen molar-refractivity contribution in [2.75, 3.05) is 26.8 Å². The van der Waals surface area contributed by atoms with Crippen molar-refractivity contribution in [3.05, 3.63) is 35.3 Å². The molecular weight excluding hydrogens is 296 g/mol. The first-order chi connectivity index (χ1) is 10.6. The maximum atomic E-state index is 5.76. The number of aromatic nitrogens is 1. The quantitative estimate of drug-likeness (QED) is 0.865. The van der Waals surface area contributed by atoms with E-state index in [1.54, 1.807) is 18.4 Å². The monoisotopic (exact) mass is 318 g/mol. The van der Waals surface area contributed by atoms with E-state index in [1.807, 2.05) is 18.2 Å². The van der Waals surface area contributed by atoms with Crippen molar-refractivity contribution in [2.24, 2.45) is 0 Å². The van der Waals surface area contributed by atoms with Crippen molar-refractivity contribution < 1.29 is 9.47 Å². The SMILES string of the molecule is COc1ccccc1-c1nc(CN2CCOC(C)(C)C2)cs1. The highest BCUT2D eigenvalue weighted by Crippen LogP contribution is 2.32. The van der Waals surface area contributed by atoms with Crippen molar-refractivity contribution in [2.45, 2.75) is 26.0 Å². The molecule has 5 heteroatoms. The van der Waals surface area contributed by atoms with Crippen LogP contribution < -0.4 is 4.74 Å². The van der Waals surface area contributed by atoms with E-state index >= 15 is 0 Å². The second kappa shape index (κ2) is 6.36. The van der Waals surface area contributed by atoms with Crippen molar-refractivity contribution in [1.82, 2.24) is 9.88 Å². The van der Waals surface area contributed by atoms with Gasteiger partial charge in [0.15, 0.2) is 0 Å². The van der Waals surface area contributed by atoms with E-state index in [9.17, 15) is 0 Å². The van der Waals surface area contributed by atoms with Crippen LogP contribution in [0.1, 0.15) is 19.5 Å². The number of hydrogen-bond donors (Lipinski definition) is 0. The Balaban J connectivity index is 1.74. The van der Waals surface area contributed by atoms with Gasteiger partial charge in [-0.2, -0.15) is 0 Å². The number of rotatable bonds is 4. The van der Waals surface area contributed by atoms with E-state index < -0.39 is 0 Å². The van der Waals surface area contributed by atoms with Gasteiger partial charge in [-0.15, -0.1) is 11.3 Å². The highest BCUT2D eigenvalue weighted by Gasteiger charge is 2.27. The number of methoxy groups -OCH3 is 1. The van der Waals surface area contributed by atoms with Gasteiger partial charge in [0.2, 0.25) is 0 Å². The van der Waals surface area contributed by atoms with Gasteiger partial charge in [-0.05, 0) is 26.0 Å². The van der Waals surface area contributed by atoms with E-state index in [4.69, 9.17) is 14.5 Å². The van der Waals surface area contributed by atoms with Gasteiger partial charge in [0.1, 0.15) is 10.8 Å². The first-order valence-corrected chi connectivity index (χ1v) is 8.39. The molecule has 1 aliphatic rings. The number of hydrogen-bond acceptors (Lipinski definition) is 5. The number of nitrogens with zero attached hydrogens (tertiary/aromatic N) is 2. The van der Waals surface area contributed by atoms with Crippen molar-refractivity contribution >= 4 is 11.3 Å². The van der Waals surface area contributed by atoms with Gasteiger partial charge in [0, 0.05) is 25.0 Å². The Kier molecular flexibility index (Phi) is 4.47. The number of ether oxygens (including phenoxy) is 2. The zero-order valence-electron chi connectivity index (χ0n) is 13.3. The summed E-state index contributed by atoms with van der Waals surface area (Å²) in [4.78, 5) is 7.19. The van der Waals surface area contributed by atoms with Gasteiger partial charge in [0.25, 0.3) is 0 Å². The number of thiazole rings is 1. The van der Waals surface area contributed by atoms with E-state index in [-0.39, 0.29) is 5.60 Å². The van der Waals surface area contributed by atoms with E-state index in [0.717, 1.165) is 48.3 Å². The van der Waals surface area contributed by atoms with Crippen molar-refractivity contribution in [3.63, 3.8) is 0 Å². The Bertz CT molecular complexity index is 639. The molecule has 1 fully saturated rings. The molecule has 1 saturated heterocycles. The lowest BCUT2D eigenvalue weighted by Crippen LogP contribution is -2.47. The molecule has 0 N–H and O–H groups in total. The molecule has 0 saturated carbocycles. The first-order valence-electron chi connectivity index (χ1n) is 7.51. The van der Waals surface area contributed by atoms with Crippen LogP contribution in [0.25, 0.3) is 10.6 Å². The zero-order valence-corrected chi connectivity index (χ0v) is 14.2. The Labute approximate surface area is 135 Å². The summed E-state index contributed by atoms with van der Waals surface area (Å²) >= 11 is 1.67. The summed E-state index contributed by atoms with van der Waals surface area (Å²) < 4.78 is 11.2. The minimum absolute atomic E-state index is 0.0697. The van der Waals surface area contributed by atoms with Gasteiger partial charge >= 0.3 is 0 Å². The van der Waals surface area contributed by atoms with Crippen LogP contribution >= 0.6 is 11.3 Å². The molecule has 1 aromatic carbocycles. The molecule has 1 aromatic heterocycles. The third kappa shape index (κ3) is 3.48. The van der Waals surface area contributed by atoms with E-state index in [2.05, 4.69) is 30.2 Å². The molecule has 0 unspecified atom stereocenters. The lowest BCUT2D eigenvalue weighted by molar-refractivity contribution is -0.0884. The van der Waals surface area contributed by atoms with Crippen LogP contribution in [-0.2, 0) is 11.3 Å². The fraction of sp³-hybridized carbons (Fsp3) is 0.471. The van der Waals surface area contributed by atoms with Crippen LogP contribution in [0.5, 0.6) is 5.75 Å². The smallest absolute Gasteiger partial charge is 0.129 e. The molecule has 4 nitrogen and oxygen atoms in total. The van der Waals surface area contributed by atoms with E-state index in [1.165, 1.54) is 0 Å². The number of morpholine rings is 1. The molecule has 22 heavy (non-hydrogen) atoms. The van der Waals surface area contributed by atoms with Crippen LogP contribution in [0.3, 0.4) is 0 Å². The predicted octanol–water partition coefficient (Wildman–Crippen LogP) is 3.43. The molecule has 0 aliphatic carbocycles. The maximum Gasteiger partial charge on any atom is 0.129 e. The Morgan fingerprint density at radius 3 is 2.95 bits per heavy atom. The second-order valence-electron chi connectivity index (χ2n) is 6.16. The second-order valence-corrected chi connectivity index (χ2v) is 7.02. The van der Waals surface area contributed by atoms with Crippen LogP contribution in [0.4, 0.5) is 0 Å². The molecule has 0 radical (unpaired) electrons. The zero-order chi connectivity index (χ0) is 15.6. The lowest BCUT2D eigenvalue weighted by Gasteiger charge is -2.37. The van der Waals surface area contributed by atoms with Crippen LogP contribution in [0.2, 0.25) is 0 Å². The van der Waals surface area contributed by atoms with Crippen molar-refractivity contribution in [3.8, 4) is 16.3 Å². The molecule has 0 bridgehead atoms. The minimum atomic E-state index is -0.0697. The summed E-state index contributed by atoms with van der Waals surface area (Å²) in [5.41, 5.74) is 2.10. The summed E-state index contributed by atoms with van der Waals surface area (Å²) in [5, 5.41) is 3.16. The average molecular weight is 318 g/mol. The normalized spacial score (nSPS) is 18.3. The highest BCUT2D eigenvalue weighted by atomic mass is 32.1. The molecule has 0 atom stereocenters. The summed E-state index contributed by atoms with van der Waals surface area (Å²) in [5.74, 6) is 0.871. The molecular formula is C17H22N2O2S. The molecule has 0 amide bonds. The largest absolute Gasteiger partial charge is 0.496 e. The molecule has 3 rings (SSSR count). The Hall–Kier alpha value is -1.43. The lowest BCUT2D eigenvalue weighted by atomic mass is 10.1. The molecule has 118 valence electrons. The molecule has 0 spiro atoms. The van der Waals surface area contributed by atoms with Crippen LogP contribution in [0.15, 0.2) is 29.6 Å². The Morgan fingerprint density at radius 1 is 1.36 bits per heavy atom. The molecule has 2 heterocycles. The third-order valence-corrected chi connectivity index (χ3v) is 4.70. The summed E-state index contributed by atoms with van der Waals surface area (Å²) in [6, 6.07) is 8.02. The third-order valence-electron chi connectivity index (χ3n) is 3.78. The standard InChI is InChI=1S/C17H22N2O2S/c1-17(2)12-19(8-9-21-17)10-13-11-22-16(18-13)14-6-4-5-7-15(14)20-3/h4-7,11H,8-10,12H2,1-3H3. The van der Waals surface area contributed by atoms with Crippen LogP contribution in [0, 0.1) is 0 Å². The number of benzene rings is 1. The maximum absolute atomic E-state index is 5.76. The van der Waals surface area contributed by atoms with Gasteiger partial charge in [0.05, 0.1) is 30.6 Å². The van der Waals surface area contributed by atoms with Gasteiger partial charge < -0.3 is 9.47 Å². The fourth-order valence-electron chi connectivity index (χ4n) is 2.80. The minimum Gasteiger partial charge on any atom is -0.496 e. The molecule has 1 aliphatic heterocycles. The topological polar surface area (TPSA) is 34.6 Å². The summed E-state index contributed by atoms with van der Waals surface area (Å²) in [6.07, 6.45) is 0. The van der Waals surface area contributed by atoms with Gasteiger partial charge in [-0.1, -0.05) is 12.1 Å². The Morgan fingerprint density at radius 2 is 2.18 bits per heavy atom. The molecule has 2 aromatic rings. The summed E-state index contributed by atoms with van der Waals surface area (Å²) in [7, 11) is 1.70. The predicted molar refractivity (Wildman–Crippen MR) is 89.4 cm³/mol. The first kappa shape index (κ1) is 15.5. The summed E-state index contributed by atoms with van der Waals surface area (Å²) in [6.45, 7) is 7.84. The van der Waals surface area contributed by atoms with Crippen LogP contribution in [-0.4, -0.2) is 42.3 Å². The fourth-order valence-corrected chi connectivity index (χ4v) is 3.64. The number of para-hydroxylation sites is 1. The van der Waals surface area contributed by atoms with Gasteiger partial charge in [-0.3, -0.25) is 4.90 Å². The average Bonchev–Trinajstić information content (AvgIpc) is 2.94. The van der Waals surface area contributed by atoms with Crippen molar-refractivity contribution in [1.29, 1.82) is 0 Å². The van der Waals surface area contributed by atoms with Gasteiger partial charge in [-0.25, -0.2) is 4.98 Å².